The minimum Gasteiger partial charge on any atom is -0.422 e. The molecule has 2 amide bonds. The fourth-order valence-corrected chi connectivity index (χ4v) is 2.21. The third-order valence-corrected chi connectivity index (χ3v) is 3.41. The van der Waals surface area contributed by atoms with Crippen molar-refractivity contribution in [2.24, 2.45) is 10.8 Å². The van der Waals surface area contributed by atoms with Crippen LogP contribution in [0.1, 0.15) is 21.5 Å². The van der Waals surface area contributed by atoms with E-state index in [2.05, 4.69) is 26.5 Å². The van der Waals surface area contributed by atoms with Gasteiger partial charge in [-0.3, -0.25) is 0 Å². The molecule has 0 aliphatic rings. The van der Waals surface area contributed by atoms with Crippen LogP contribution in [0.3, 0.4) is 0 Å². The van der Waals surface area contributed by atoms with Crippen molar-refractivity contribution in [1.82, 2.24) is 5.43 Å². The van der Waals surface area contributed by atoms with Crippen LogP contribution in [-0.4, -0.2) is 18.2 Å². The van der Waals surface area contributed by atoms with Crippen molar-refractivity contribution in [3.05, 3.63) is 63.6 Å². The van der Waals surface area contributed by atoms with E-state index in [0.717, 1.165) is 10.0 Å². The third kappa shape index (κ3) is 4.65. The summed E-state index contributed by atoms with van der Waals surface area (Å²) in [6.07, 6.45) is 1.34. The summed E-state index contributed by atoms with van der Waals surface area (Å²) in [6, 6.07) is 11.4. The Morgan fingerprint density at radius 1 is 1.26 bits per heavy atom. The van der Waals surface area contributed by atoms with Crippen LogP contribution < -0.4 is 15.9 Å². The molecular weight excluding hydrogens is 362 g/mol. The van der Waals surface area contributed by atoms with Crippen LogP contribution in [-0.2, 0) is 0 Å². The molecule has 0 aliphatic carbocycles. The maximum Gasteiger partial charge on any atom is 0.343 e. The number of nitrogens with zero attached hydrogens (tertiary/aromatic N) is 1. The SMILES string of the molecule is Cc1ccccc1C(=O)Oc1ccc(Br)cc1/C=N/NC(N)=O. The summed E-state index contributed by atoms with van der Waals surface area (Å²) in [5, 5.41) is 3.68. The average Bonchev–Trinajstić information content (AvgIpc) is 2.50. The highest BCUT2D eigenvalue weighted by molar-refractivity contribution is 9.10. The van der Waals surface area contributed by atoms with Crippen LogP contribution in [0, 0.1) is 6.92 Å². The summed E-state index contributed by atoms with van der Waals surface area (Å²) < 4.78 is 6.20. The first kappa shape index (κ1) is 16.7. The Bertz CT molecular complexity index is 775. The molecule has 0 aliphatic heterocycles. The number of halogens is 1. The van der Waals surface area contributed by atoms with Gasteiger partial charge in [-0.1, -0.05) is 34.1 Å². The van der Waals surface area contributed by atoms with Gasteiger partial charge in [0.2, 0.25) is 0 Å². The van der Waals surface area contributed by atoms with E-state index in [-0.39, 0.29) is 0 Å². The predicted molar refractivity (Wildman–Crippen MR) is 90.6 cm³/mol. The van der Waals surface area contributed by atoms with Crippen molar-refractivity contribution >= 4 is 34.1 Å². The molecule has 118 valence electrons. The number of carbonyl (C=O) groups is 2. The molecule has 0 unspecified atom stereocenters. The van der Waals surface area contributed by atoms with Gasteiger partial charge in [-0.2, -0.15) is 5.10 Å². The number of urea groups is 1. The highest BCUT2D eigenvalue weighted by Crippen LogP contribution is 2.23. The van der Waals surface area contributed by atoms with Gasteiger partial charge in [0.05, 0.1) is 11.8 Å². The summed E-state index contributed by atoms with van der Waals surface area (Å²) >= 11 is 3.33. The lowest BCUT2D eigenvalue weighted by Crippen LogP contribution is -2.24. The van der Waals surface area contributed by atoms with Gasteiger partial charge in [-0.25, -0.2) is 15.0 Å². The lowest BCUT2D eigenvalue weighted by atomic mass is 10.1. The first-order chi connectivity index (χ1) is 11.0. The molecule has 2 aromatic rings. The zero-order valence-electron chi connectivity index (χ0n) is 12.2. The Kier molecular flexibility index (Phi) is 5.48. The summed E-state index contributed by atoms with van der Waals surface area (Å²) in [6.45, 7) is 1.83. The topological polar surface area (TPSA) is 93.8 Å². The fraction of sp³-hybridized carbons (Fsp3) is 0.0625. The molecule has 0 heterocycles. The van der Waals surface area contributed by atoms with E-state index in [1.807, 2.05) is 19.1 Å². The number of rotatable bonds is 4. The highest BCUT2D eigenvalue weighted by Gasteiger charge is 2.13. The van der Waals surface area contributed by atoms with Gasteiger partial charge in [0.15, 0.2) is 0 Å². The Balaban J connectivity index is 2.25. The maximum atomic E-state index is 12.3. The van der Waals surface area contributed by atoms with Crippen LogP contribution in [0.15, 0.2) is 52.0 Å². The number of esters is 1. The molecule has 0 atom stereocenters. The van der Waals surface area contributed by atoms with Gasteiger partial charge < -0.3 is 10.5 Å². The van der Waals surface area contributed by atoms with E-state index in [1.54, 1.807) is 30.3 Å². The number of ether oxygens (including phenoxy) is 1. The standard InChI is InChI=1S/C16H14BrN3O3/c1-10-4-2-3-5-13(10)15(21)23-14-7-6-12(17)8-11(14)9-19-20-16(18)22/h2-9H,1H3,(H3,18,20,22)/b19-9+. The quantitative estimate of drug-likeness (QED) is 0.372. The number of nitrogens with two attached hydrogens (primary N) is 1. The van der Waals surface area contributed by atoms with Crippen molar-refractivity contribution < 1.29 is 14.3 Å². The van der Waals surface area contributed by atoms with E-state index in [4.69, 9.17) is 10.5 Å². The van der Waals surface area contributed by atoms with Crippen molar-refractivity contribution in [2.45, 2.75) is 6.92 Å². The molecule has 0 saturated carbocycles. The van der Waals surface area contributed by atoms with Gasteiger partial charge >= 0.3 is 12.0 Å². The zero-order valence-corrected chi connectivity index (χ0v) is 13.8. The van der Waals surface area contributed by atoms with Gasteiger partial charge in [-0.05, 0) is 36.8 Å². The van der Waals surface area contributed by atoms with E-state index >= 15 is 0 Å². The lowest BCUT2D eigenvalue weighted by molar-refractivity contribution is 0.0733. The van der Waals surface area contributed by atoms with Crippen LogP contribution in [0.4, 0.5) is 4.79 Å². The monoisotopic (exact) mass is 375 g/mol. The molecule has 0 aromatic heterocycles. The van der Waals surface area contributed by atoms with Gasteiger partial charge in [0, 0.05) is 10.0 Å². The molecule has 2 rings (SSSR count). The number of carbonyl (C=O) groups excluding carboxylic acids is 2. The number of hydrogen-bond acceptors (Lipinski definition) is 4. The first-order valence-corrected chi connectivity index (χ1v) is 7.42. The van der Waals surface area contributed by atoms with Gasteiger partial charge in [0.1, 0.15) is 5.75 Å². The molecule has 23 heavy (non-hydrogen) atoms. The summed E-state index contributed by atoms with van der Waals surface area (Å²) in [7, 11) is 0. The summed E-state index contributed by atoms with van der Waals surface area (Å²) in [4.78, 5) is 22.9. The van der Waals surface area contributed by atoms with E-state index in [9.17, 15) is 9.59 Å². The fourth-order valence-electron chi connectivity index (χ4n) is 1.84. The number of hydrazone groups is 1. The number of nitrogens with one attached hydrogen (secondary N) is 1. The molecular formula is C16H14BrN3O3. The third-order valence-electron chi connectivity index (χ3n) is 2.92. The van der Waals surface area contributed by atoms with Crippen molar-refractivity contribution in [3.8, 4) is 5.75 Å². The molecule has 0 bridgehead atoms. The highest BCUT2D eigenvalue weighted by atomic mass is 79.9. The Morgan fingerprint density at radius 2 is 2.00 bits per heavy atom. The zero-order chi connectivity index (χ0) is 16.8. The number of benzene rings is 2. The van der Waals surface area contributed by atoms with E-state index < -0.39 is 12.0 Å². The Labute approximate surface area is 141 Å². The number of amides is 2. The van der Waals surface area contributed by atoms with E-state index in [1.165, 1.54) is 6.21 Å². The Hall–Kier alpha value is -2.67. The van der Waals surface area contributed by atoms with Crippen LogP contribution >= 0.6 is 15.9 Å². The van der Waals surface area contributed by atoms with Crippen molar-refractivity contribution in [3.63, 3.8) is 0 Å². The van der Waals surface area contributed by atoms with Gasteiger partial charge in [0.25, 0.3) is 0 Å². The number of primary amides is 1. The van der Waals surface area contributed by atoms with Crippen LogP contribution in [0.2, 0.25) is 0 Å². The summed E-state index contributed by atoms with van der Waals surface area (Å²) in [5.41, 5.74) is 8.84. The predicted octanol–water partition coefficient (Wildman–Crippen LogP) is 2.98. The van der Waals surface area contributed by atoms with Crippen molar-refractivity contribution in [2.75, 3.05) is 0 Å². The summed E-state index contributed by atoms with van der Waals surface area (Å²) in [5.74, 6) is -0.153. The largest absolute Gasteiger partial charge is 0.422 e. The normalized spacial score (nSPS) is 10.5. The minimum atomic E-state index is -0.783. The van der Waals surface area contributed by atoms with Crippen molar-refractivity contribution in [1.29, 1.82) is 0 Å². The maximum absolute atomic E-state index is 12.3. The smallest absolute Gasteiger partial charge is 0.343 e. The first-order valence-electron chi connectivity index (χ1n) is 6.63. The lowest BCUT2D eigenvalue weighted by Gasteiger charge is -2.09. The number of aryl methyl sites for hydroxylation is 1. The molecule has 2 aromatic carbocycles. The minimum absolute atomic E-state index is 0.316. The second-order valence-electron chi connectivity index (χ2n) is 4.62. The number of hydrogen-bond donors (Lipinski definition) is 2. The molecule has 3 N–H and O–H groups in total. The molecule has 0 saturated heterocycles. The molecule has 7 heteroatoms. The second kappa shape index (κ2) is 7.55. The molecule has 6 nitrogen and oxygen atoms in total. The second-order valence-corrected chi connectivity index (χ2v) is 5.54. The molecule has 0 radical (unpaired) electrons. The van der Waals surface area contributed by atoms with Crippen LogP contribution in [0.25, 0.3) is 0 Å². The Morgan fingerprint density at radius 3 is 2.70 bits per heavy atom. The van der Waals surface area contributed by atoms with Crippen LogP contribution in [0.5, 0.6) is 5.75 Å². The van der Waals surface area contributed by atoms with E-state index in [0.29, 0.717) is 16.9 Å². The molecule has 0 spiro atoms. The molecule has 0 fully saturated rings. The van der Waals surface area contributed by atoms with Gasteiger partial charge in [-0.15, -0.1) is 0 Å². The average molecular weight is 376 g/mol.